The Balaban J connectivity index is 1.83. The zero-order valence-electron chi connectivity index (χ0n) is 11.2. The van der Waals surface area contributed by atoms with E-state index >= 15 is 0 Å². The van der Waals surface area contributed by atoms with E-state index in [2.05, 4.69) is 0 Å². The average molecular weight is 306 g/mol. The molecule has 0 saturated heterocycles. The van der Waals surface area contributed by atoms with Gasteiger partial charge in [0, 0.05) is 11.1 Å². The number of hydrogen-bond donors (Lipinski definition) is 0. The predicted molar refractivity (Wildman–Crippen MR) is 79.4 cm³/mol. The fourth-order valence-corrected chi connectivity index (χ4v) is 2.45. The third-order valence-electron chi connectivity index (χ3n) is 3.35. The summed E-state index contributed by atoms with van der Waals surface area (Å²) in [5.41, 5.74) is 1.36. The van der Waals surface area contributed by atoms with Gasteiger partial charge in [-0.3, -0.25) is 4.79 Å². The standard InChI is InChI=1S/C16H13ClFNO2/c17-12-3-1-11(2-4-12)9-16(20)19-7-8-21-15-6-5-13(18)10-14(15)19/h1-6,10H,7-9H2. The summed E-state index contributed by atoms with van der Waals surface area (Å²) in [5.74, 6) is 0.0584. The fourth-order valence-electron chi connectivity index (χ4n) is 2.32. The number of nitrogens with zero attached hydrogens (tertiary/aromatic N) is 1. The summed E-state index contributed by atoms with van der Waals surface area (Å²) in [6, 6.07) is 11.3. The first-order chi connectivity index (χ1) is 10.1. The first kappa shape index (κ1) is 13.9. The molecule has 0 radical (unpaired) electrons. The molecule has 108 valence electrons. The van der Waals surface area contributed by atoms with Crippen LogP contribution in [0.25, 0.3) is 0 Å². The van der Waals surface area contributed by atoms with Gasteiger partial charge in [-0.05, 0) is 29.8 Å². The maximum Gasteiger partial charge on any atom is 0.231 e. The van der Waals surface area contributed by atoms with E-state index in [1.165, 1.54) is 12.1 Å². The van der Waals surface area contributed by atoms with E-state index in [0.717, 1.165) is 5.56 Å². The van der Waals surface area contributed by atoms with Crippen molar-refractivity contribution in [1.29, 1.82) is 0 Å². The van der Waals surface area contributed by atoms with E-state index in [0.29, 0.717) is 29.6 Å². The molecule has 21 heavy (non-hydrogen) atoms. The van der Waals surface area contributed by atoms with E-state index < -0.39 is 0 Å². The van der Waals surface area contributed by atoms with Crippen molar-refractivity contribution >= 4 is 23.2 Å². The third-order valence-corrected chi connectivity index (χ3v) is 3.61. The van der Waals surface area contributed by atoms with Gasteiger partial charge in [0.25, 0.3) is 0 Å². The summed E-state index contributed by atoms with van der Waals surface area (Å²) < 4.78 is 18.8. The van der Waals surface area contributed by atoms with Gasteiger partial charge in [-0.1, -0.05) is 23.7 Å². The highest BCUT2D eigenvalue weighted by atomic mass is 35.5. The van der Waals surface area contributed by atoms with Crippen LogP contribution < -0.4 is 9.64 Å². The molecule has 0 N–H and O–H groups in total. The van der Waals surface area contributed by atoms with Gasteiger partial charge in [-0.25, -0.2) is 4.39 Å². The third kappa shape index (κ3) is 3.00. The van der Waals surface area contributed by atoms with E-state index in [9.17, 15) is 9.18 Å². The number of ether oxygens (including phenoxy) is 1. The first-order valence-electron chi connectivity index (χ1n) is 6.60. The minimum absolute atomic E-state index is 0.0903. The maximum atomic E-state index is 13.4. The minimum atomic E-state index is -0.386. The zero-order chi connectivity index (χ0) is 14.8. The highest BCUT2D eigenvalue weighted by Crippen LogP contribution is 2.32. The Morgan fingerprint density at radius 3 is 2.76 bits per heavy atom. The summed E-state index contributed by atoms with van der Waals surface area (Å²) in [5, 5.41) is 0.630. The number of rotatable bonds is 2. The van der Waals surface area contributed by atoms with Gasteiger partial charge >= 0.3 is 0 Å². The molecule has 5 heteroatoms. The van der Waals surface area contributed by atoms with Crippen molar-refractivity contribution in [3.63, 3.8) is 0 Å². The molecular formula is C16H13ClFNO2. The molecule has 1 aliphatic heterocycles. The average Bonchev–Trinajstić information content (AvgIpc) is 2.49. The number of benzene rings is 2. The summed E-state index contributed by atoms with van der Waals surface area (Å²) in [7, 11) is 0. The molecule has 0 fully saturated rings. The lowest BCUT2D eigenvalue weighted by atomic mass is 10.1. The molecule has 0 aromatic heterocycles. The second-order valence-electron chi connectivity index (χ2n) is 4.81. The van der Waals surface area contributed by atoms with Gasteiger partial charge in [0.2, 0.25) is 5.91 Å². The summed E-state index contributed by atoms with van der Waals surface area (Å²) >= 11 is 5.83. The molecule has 0 unspecified atom stereocenters. The maximum absolute atomic E-state index is 13.4. The monoisotopic (exact) mass is 305 g/mol. The van der Waals surface area contributed by atoms with Crippen molar-refractivity contribution in [1.82, 2.24) is 0 Å². The summed E-state index contributed by atoms with van der Waals surface area (Å²) in [6.45, 7) is 0.827. The Hall–Kier alpha value is -2.07. The Kier molecular flexibility index (Phi) is 3.80. The molecule has 1 heterocycles. The van der Waals surface area contributed by atoms with Crippen LogP contribution in [0.15, 0.2) is 42.5 Å². The van der Waals surface area contributed by atoms with Crippen LogP contribution in [0.4, 0.5) is 10.1 Å². The van der Waals surface area contributed by atoms with Crippen LogP contribution in [0, 0.1) is 5.82 Å². The van der Waals surface area contributed by atoms with Crippen molar-refractivity contribution < 1.29 is 13.9 Å². The molecule has 3 rings (SSSR count). The molecule has 0 bridgehead atoms. The molecule has 2 aromatic carbocycles. The van der Waals surface area contributed by atoms with Gasteiger partial charge < -0.3 is 9.64 Å². The lowest BCUT2D eigenvalue weighted by molar-refractivity contribution is -0.118. The van der Waals surface area contributed by atoms with Crippen LogP contribution in [-0.2, 0) is 11.2 Å². The first-order valence-corrected chi connectivity index (χ1v) is 6.98. The van der Waals surface area contributed by atoms with E-state index in [-0.39, 0.29) is 18.1 Å². The predicted octanol–water partition coefficient (Wildman–Crippen LogP) is 3.45. The largest absolute Gasteiger partial charge is 0.490 e. The molecule has 0 atom stereocenters. The van der Waals surface area contributed by atoms with E-state index in [1.807, 2.05) is 12.1 Å². The quantitative estimate of drug-likeness (QED) is 0.850. The molecule has 1 amide bonds. The van der Waals surface area contributed by atoms with Crippen molar-refractivity contribution in [3.8, 4) is 5.75 Å². The molecule has 2 aromatic rings. The van der Waals surface area contributed by atoms with Crippen LogP contribution in [-0.4, -0.2) is 19.1 Å². The molecule has 0 spiro atoms. The van der Waals surface area contributed by atoms with Crippen molar-refractivity contribution in [3.05, 3.63) is 58.9 Å². The summed E-state index contributed by atoms with van der Waals surface area (Å²) in [6.07, 6.45) is 0.243. The summed E-state index contributed by atoms with van der Waals surface area (Å²) in [4.78, 5) is 14.0. The van der Waals surface area contributed by atoms with Crippen LogP contribution in [0.5, 0.6) is 5.75 Å². The van der Waals surface area contributed by atoms with E-state index in [4.69, 9.17) is 16.3 Å². The zero-order valence-corrected chi connectivity index (χ0v) is 11.9. The van der Waals surface area contributed by atoms with Crippen LogP contribution >= 0.6 is 11.6 Å². The van der Waals surface area contributed by atoms with E-state index in [1.54, 1.807) is 23.1 Å². The SMILES string of the molecule is O=C(Cc1ccc(Cl)cc1)N1CCOc2ccc(F)cc21. The van der Waals surface area contributed by atoms with Gasteiger partial charge in [-0.2, -0.15) is 0 Å². The highest BCUT2D eigenvalue weighted by molar-refractivity contribution is 6.30. The molecular weight excluding hydrogens is 293 g/mol. The van der Waals surface area contributed by atoms with Crippen molar-refractivity contribution in [2.75, 3.05) is 18.1 Å². The lowest BCUT2D eigenvalue weighted by Gasteiger charge is -2.29. The smallest absolute Gasteiger partial charge is 0.231 e. The van der Waals surface area contributed by atoms with Crippen LogP contribution in [0.1, 0.15) is 5.56 Å². The Morgan fingerprint density at radius 1 is 1.24 bits per heavy atom. The molecule has 3 nitrogen and oxygen atoms in total. The topological polar surface area (TPSA) is 29.5 Å². The Bertz CT molecular complexity index is 672. The number of hydrogen-bond acceptors (Lipinski definition) is 2. The molecule has 1 aliphatic rings. The molecule has 0 saturated carbocycles. The number of halogens is 2. The van der Waals surface area contributed by atoms with Gasteiger partial charge in [0.05, 0.1) is 18.7 Å². The number of carbonyl (C=O) groups is 1. The van der Waals surface area contributed by atoms with Crippen molar-refractivity contribution in [2.24, 2.45) is 0 Å². The lowest BCUT2D eigenvalue weighted by Crippen LogP contribution is -2.38. The Morgan fingerprint density at radius 2 is 2.00 bits per heavy atom. The highest BCUT2D eigenvalue weighted by Gasteiger charge is 2.24. The number of anilines is 1. The number of amides is 1. The molecule has 0 aliphatic carbocycles. The number of carbonyl (C=O) groups excluding carboxylic acids is 1. The van der Waals surface area contributed by atoms with Gasteiger partial charge in [-0.15, -0.1) is 0 Å². The Labute approximate surface area is 126 Å². The second kappa shape index (κ2) is 5.74. The second-order valence-corrected chi connectivity index (χ2v) is 5.25. The minimum Gasteiger partial charge on any atom is -0.490 e. The van der Waals surface area contributed by atoms with Crippen LogP contribution in [0.2, 0.25) is 5.02 Å². The van der Waals surface area contributed by atoms with Gasteiger partial charge in [0.15, 0.2) is 0 Å². The fraction of sp³-hybridized carbons (Fsp3) is 0.188. The van der Waals surface area contributed by atoms with Crippen LogP contribution in [0.3, 0.4) is 0 Å². The number of fused-ring (bicyclic) bond motifs is 1. The van der Waals surface area contributed by atoms with Gasteiger partial charge in [0.1, 0.15) is 18.2 Å². The normalized spacial score (nSPS) is 13.5. The van der Waals surface area contributed by atoms with Crippen molar-refractivity contribution in [2.45, 2.75) is 6.42 Å².